The Morgan fingerprint density at radius 3 is 2.41 bits per heavy atom. The number of piperidine rings is 1. The van der Waals surface area contributed by atoms with Gasteiger partial charge in [0.05, 0.1) is 12.0 Å². The highest BCUT2D eigenvalue weighted by atomic mass is 35.5. The van der Waals surface area contributed by atoms with Gasteiger partial charge in [-0.05, 0) is 56.5 Å². The maximum Gasteiger partial charge on any atom is 0.241 e. The van der Waals surface area contributed by atoms with Crippen LogP contribution in [0.2, 0.25) is 0 Å². The molecule has 1 aliphatic heterocycles. The largest absolute Gasteiger partial charge is 0.497 e. The lowest BCUT2D eigenvalue weighted by Crippen LogP contribution is -2.57. The fraction of sp³-hybridized carbons (Fsp3) is 0.611. The van der Waals surface area contributed by atoms with Crippen molar-refractivity contribution in [1.29, 1.82) is 0 Å². The number of amides is 1. The summed E-state index contributed by atoms with van der Waals surface area (Å²) in [4.78, 5) is 12.8. The van der Waals surface area contributed by atoms with Crippen LogP contribution in [0, 0.1) is 5.92 Å². The molecule has 1 aliphatic rings. The maximum atomic E-state index is 12.7. The second-order valence-electron chi connectivity index (χ2n) is 7.02. The first-order chi connectivity index (χ1) is 12.2. The van der Waals surface area contributed by atoms with Crippen molar-refractivity contribution >= 4 is 28.3 Å². The zero-order valence-electron chi connectivity index (χ0n) is 16.2. The molecule has 1 aromatic rings. The Morgan fingerprint density at radius 1 is 1.26 bits per heavy atom. The monoisotopic (exact) mass is 419 g/mol. The Kier molecular flexibility index (Phi) is 9.01. The summed E-state index contributed by atoms with van der Waals surface area (Å²) in [5.74, 6) is 0.0911. The van der Waals surface area contributed by atoms with Crippen LogP contribution in [0.15, 0.2) is 29.2 Å². The van der Waals surface area contributed by atoms with Gasteiger partial charge in [0.1, 0.15) is 11.8 Å². The van der Waals surface area contributed by atoms with Gasteiger partial charge in [-0.2, -0.15) is 4.72 Å². The predicted molar refractivity (Wildman–Crippen MR) is 108 cm³/mol. The number of nitrogens with one attached hydrogen (secondary N) is 3. The molecule has 3 N–H and O–H groups in total. The fourth-order valence-corrected chi connectivity index (χ4v) is 4.34. The Hall–Kier alpha value is -1.35. The molecule has 1 amide bonds. The Balaban J connectivity index is 0.00000364. The molecule has 0 bridgehead atoms. The summed E-state index contributed by atoms with van der Waals surface area (Å²) >= 11 is 0. The van der Waals surface area contributed by atoms with Crippen molar-refractivity contribution in [2.45, 2.75) is 56.6 Å². The highest BCUT2D eigenvalue weighted by Gasteiger charge is 2.31. The smallest absolute Gasteiger partial charge is 0.241 e. The van der Waals surface area contributed by atoms with Crippen molar-refractivity contribution < 1.29 is 17.9 Å². The number of benzene rings is 1. The number of halogens is 1. The van der Waals surface area contributed by atoms with Gasteiger partial charge in [-0.15, -0.1) is 12.4 Å². The van der Waals surface area contributed by atoms with Crippen LogP contribution in [0.3, 0.4) is 0 Å². The number of carbonyl (C=O) groups is 1. The molecule has 0 radical (unpaired) electrons. The highest BCUT2D eigenvalue weighted by Crippen LogP contribution is 2.17. The van der Waals surface area contributed by atoms with E-state index >= 15 is 0 Å². The van der Waals surface area contributed by atoms with Crippen LogP contribution in [0.4, 0.5) is 0 Å². The van der Waals surface area contributed by atoms with Crippen LogP contribution in [-0.4, -0.2) is 46.1 Å². The van der Waals surface area contributed by atoms with Gasteiger partial charge in [-0.25, -0.2) is 8.42 Å². The Bertz CT molecular complexity index is 710. The zero-order valence-corrected chi connectivity index (χ0v) is 17.8. The average Bonchev–Trinajstić information content (AvgIpc) is 2.61. The topological polar surface area (TPSA) is 96.5 Å². The number of ether oxygens (including phenoxy) is 1. The van der Waals surface area contributed by atoms with Crippen molar-refractivity contribution in [1.82, 2.24) is 15.4 Å². The first kappa shape index (κ1) is 23.7. The summed E-state index contributed by atoms with van der Waals surface area (Å²) in [7, 11) is -2.29. The second-order valence-corrected chi connectivity index (χ2v) is 8.73. The van der Waals surface area contributed by atoms with Crippen molar-refractivity contribution in [2.75, 3.05) is 13.7 Å². The Labute approximate surface area is 168 Å². The van der Waals surface area contributed by atoms with Gasteiger partial charge in [0.2, 0.25) is 15.9 Å². The molecule has 0 aromatic heterocycles. The summed E-state index contributed by atoms with van der Waals surface area (Å²) in [6.45, 7) is 6.61. The van der Waals surface area contributed by atoms with Gasteiger partial charge in [0.25, 0.3) is 0 Å². The fourth-order valence-electron chi connectivity index (χ4n) is 3.00. The van der Waals surface area contributed by atoms with E-state index in [1.807, 2.05) is 20.8 Å². The van der Waals surface area contributed by atoms with Gasteiger partial charge < -0.3 is 15.4 Å². The molecule has 27 heavy (non-hydrogen) atoms. The van der Waals surface area contributed by atoms with E-state index in [4.69, 9.17) is 4.74 Å². The molecule has 0 spiro atoms. The van der Waals surface area contributed by atoms with Crippen LogP contribution in [-0.2, 0) is 14.8 Å². The first-order valence-corrected chi connectivity index (χ1v) is 10.4. The molecular formula is C18H30ClN3O4S. The zero-order chi connectivity index (χ0) is 19.3. The SMILES string of the molecule is COc1ccc(S(=O)(=O)NC(C(=O)NC2CCCNC2C)C(C)C)cc1.Cl. The summed E-state index contributed by atoms with van der Waals surface area (Å²) in [5.41, 5.74) is 0. The molecule has 9 heteroatoms. The molecule has 3 atom stereocenters. The van der Waals surface area contributed by atoms with Crippen molar-refractivity contribution in [3.05, 3.63) is 24.3 Å². The number of carbonyl (C=O) groups excluding carboxylic acids is 1. The molecule has 0 saturated carbocycles. The second kappa shape index (κ2) is 10.3. The molecular weight excluding hydrogens is 390 g/mol. The molecule has 1 aromatic carbocycles. The molecule has 154 valence electrons. The molecule has 1 saturated heterocycles. The van der Waals surface area contributed by atoms with E-state index in [0.717, 1.165) is 19.4 Å². The third-order valence-corrected chi connectivity index (χ3v) is 6.15. The molecule has 2 rings (SSSR count). The van der Waals surface area contributed by atoms with E-state index in [0.29, 0.717) is 5.75 Å². The normalized spacial score (nSPS) is 21.2. The number of hydrogen-bond acceptors (Lipinski definition) is 5. The molecule has 7 nitrogen and oxygen atoms in total. The van der Waals surface area contributed by atoms with Crippen molar-refractivity contribution in [3.63, 3.8) is 0 Å². The number of sulfonamides is 1. The van der Waals surface area contributed by atoms with E-state index < -0.39 is 16.1 Å². The van der Waals surface area contributed by atoms with E-state index in [-0.39, 0.29) is 41.2 Å². The minimum atomic E-state index is -3.81. The van der Waals surface area contributed by atoms with Gasteiger partial charge in [-0.1, -0.05) is 13.8 Å². The van der Waals surface area contributed by atoms with Crippen LogP contribution in [0.5, 0.6) is 5.75 Å². The van der Waals surface area contributed by atoms with Crippen LogP contribution in [0.1, 0.15) is 33.6 Å². The van der Waals surface area contributed by atoms with Crippen LogP contribution >= 0.6 is 12.4 Å². The predicted octanol–water partition coefficient (Wildman–Crippen LogP) is 1.68. The van der Waals surface area contributed by atoms with Gasteiger partial charge >= 0.3 is 0 Å². The summed E-state index contributed by atoms with van der Waals surface area (Å²) in [5, 5.41) is 6.32. The molecule has 1 heterocycles. The third kappa shape index (κ3) is 6.34. The summed E-state index contributed by atoms with van der Waals surface area (Å²) in [6.07, 6.45) is 1.87. The third-order valence-electron chi connectivity index (χ3n) is 4.69. The number of rotatable bonds is 7. The maximum absolute atomic E-state index is 12.7. The molecule has 3 unspecified atom stereocenters. The number of hydrogen-bond donors (Lipinski definition) is 3. The minimum Gasteiger partial charge on any atom is -0.497 e. The molecule has 0 aliphatic carbocycles. The van der Waals surface area contributed by atoms with E-state index in [1.54, 1.807) is 12.1 Å². The van der Waals surface area contributed by atoms with Gasteiger partial charge in [0.15, 0.2) is 0 Å². The Morgan fingerprint density at radius 2 is 1.89 bits per heavy atom. The van der Waals surface area contributed by atoms with Crippen LogP contribution < -0.4 is 20.1 Å². The van der Waals surface area contributed by atoms with E-state index in [1.165, 1.54) is 19.2 Å². The average molecular weight is 420 g/mol. The minimum absolute atomic E-state index is 0. The lowest BCUT2D eigenvalue weighted by molar-refractivity contribution is -0.124. The first-order valence-electron chi connectivity index (χ1n) is 8.94. The summed E-state index contributed by atoms with van der Waals surface area (Å²) in [6, 6.07) is 5.41. The van der Waals surface area contributed by atoms with Gasteiger partial charge in [0, 0.05) is 12.1 Å². The number of methoxy groups -OCH3 is 1. The quantitative estimate of drug-likeness (QED) is 0.624. The summed E-state index contributed by atoms with van der Waals surface area (Å²) < 4.78 is 32.9. The molecule has 1 fully saturated rings. The lowest BCUT2D eigenvalue weighted by Gasteiger charge is -2.32. The van der Waals surface area contributed by atoms with E-state index in [9.17, 15) is 13.2 Å². The standard InChI is InChI=1S/C18H29N3O4S.ClH/c1-12(2)17(18(22)20-16-6-5-11-19-13(16)3)21-26(23,24)15-9-7-14(25-4)8-10-15;/h7-10,12-13,16-17,19,21H,5-6,11H2,1-4H3,(H,20,22);1H. The van der Waals surface area contributed by atoms with Crippen LogP contribution in [0.25, 0.3) is 0 Å². The van der Waals surface area contributed by atoms with Gasteiger partial charge in [-0.3, -0.25) is 4.79 Å². The lowest BCUT2D eigenvalue weighted by atomic mass is 9.98. The van der Waals surface area contributed by atoms with E-state index in [2.05, 4.69) is 15.4 Å². The highest BCUT2D eigenvalue weighted by molar-refractivity contribution is 7.89. The van der Waals surface area contributed by atoms with Crippen molar-refractivity contribution in [2.24, 2.45) is 5.92 Å². The van der Waals surface area contributed by atoms with Crippen molar-refractivity contribution in [3.8, 4) is 5.75 Å².